The maximum atomic E-state index is 4.10. The molecule has 0 radical (unpaired) electrons. The molecule has 0 aliphatic rings. The van der Waals surface area contributed by atoms with Gasteiger partial charge in [-0.3, -0.25) is 10.6 Å². The Balaban J connectivity index is 2.13. The molecule has 0 amide bonds. The van der Waals surface area contributed by atoms with E-state index in [0.29, 0.717) is 12.1 Å². The molecular formula is C33H54N2. The van der Waals surface area contributed by atoms with E-state index in [4.69, 9.17) is 0 Å². The maximum Gasteiger partial charge on any atom is 0.122 e. The predicted molar refractivity (Wildman–Crippen MR) is 155 cm³/mol. The molecule has 2 aromatic rings. The second-order valence-electron chi connectivity index (χ2n) is 10.7. The van der Waals surface area contributed by atoms with Crippen molar-refractivity contribution in [2.75, 3.05) is 0 Å². The van der Waals surface area contributed by atoms with Crippen molar-refractivity contribution in [3.8, 4) is 0 Å². The number of hydrogen-bond acceptors (Lipinski definition) is 2. The number of hydrogen-bond donors (Lipinski definition) is 2. The number of benzene rings is 2. The van der Waals surface area contributed by atoms with Gasteiger partial charge in [0.05, 0.1) is 0 Å². The highest BCUT2D eigenvalue weighted by atomic mass is 15.2. The average Bonchev–Trinajstić information content (AvgIpc) is 2.89. The first kappa shape index (κ1) is 29.6. The van der Waals surface area contributed by atoms with Gasteiger partial charge < -0.3 is 0 Å². The molecule has 0 fully saturated rings. The van der Waals surface area contributed by atoms with E-state index in [1.807, 2.05) is 0 Å². The normalized spacial score (nSPS) is 13.6. The standard InChI is InChI=1S/C33H54N2/c1-5-7-9-11-13-17-23-29(3)34-33(31-25-19-15-20-26-31,32-27-21-16-22-28-32)35-30(4)24-18-14-12-10-8-6-2/h15-16,19-22,25-30,34-35H,5-14,17-18,23-24H2,1-4H3. The number of rotatable bonds is 20. The summed E-state index contributed by atoms with van der Waals surface area (Å²) in [6.07, 6.45) is 18.6. The number of nitrogens with one attached hydrogen (secondary N) is 2. The Morgan fingerprint density at radius 3 is 1.23 bits per heavy atom. The van der Waals surface area contributed by atoms with Crippen LogP contribution in [0.3, 0.4) is 0 Å². The highest BCUT2D eigenvalue weighted by molar-refractivity contribution is 5.38. The van der Waals surface area contributed by atoms with E-state index in [0.717, 1.165) is 0 Å². The van der Waals surface area contributed by atoms with Crippen LogP contribution in [-0.2, 0) is 5.66 Å². The van der Waals surface area contributed by atoms with E-state index in [1.54, 1.807) is 0 Å². The SMILES string of the molecule is CCCCCCCCC(C)NC(NC(C)CCCCCCCC)(c1ccccc1)c1ccccc1. The van der Waals surface area contributed by atoms with Crippen molar-refractivity contribution >= 4 is 0 Å². The third-order valence-corrected chi connectivity index (χ3v) is 7.32. The van der Waals surface area contributed by atoms with E-state index >= 15 is 0 Å². The third-order valence-electron chi connectivity index (χ3n) is 7.32. The van der Waals surface area contributed by atoms with Gasteiger partial charge in [-0.1, -0.05) is 152 Å². The van der Waals surface area contributed by atoms with Crippen molar-refractivity contribution in [1.82, 2.24) is 10.6 Å². The topological polar surface area (TPSA) is 24.1 Å². The minimum atomic E-state index is -0.383. The van der Waals surface area contributed by atoms with E-state index < -0.39 is 0 Å². The van der Waals surface area contributed by atoms with Gasteiger partial charge in [-0.05, 0) is 37.8 Å². The summed E-state index contributed by atoms with van der Waals surface area (Å²) in [5, 5.41) is 8.21. The lowest BCUT2D eigenvalue weighted by Crippen LogP contribution is -2.60. The van der Waals surface area contributed by atoms with Crippen molar-refractivity contribution < 1.29 is 0 Å². The molecule has 0 spiro atoms. The maximum absolute atomic E-state index is 4.10. The minimum Gasteiger partial charge on any atom is -0.289 e. The van der Waals surface area contributed by atoms with Crippen molar-refractivity contribution in [3.05, 3.63) is 71.8 Å². The summed E-state index contributed by atoms with van der Waals surface area (Å²) in [5.74, 6) is 0. The van der Waals surface area contributed by atoms with Crippen molar-refractivity contribution in [3.63, 3.8) is 0 Å². The lowest BCUT2D eigenvalue weighted by Gasteiger charge is -2.42. The Kier molecular flexibility index (Phi) is 15.0. The Morgan fingerprint density at radius 1 is 0.514 bits per heavy atom. The van der Waals surface area contributed by atoms with Crippen molar-refractivity contribution in [2.45, 2.75) is 135 Å². The van der Waals surface area contributed by atoms with Crippen LogP contribution >= 0.6 is 0 Å². The molecule has 2 N–H and O–H groups in total. The fraction of sp³-hybridized carbons (Fsp3) is 0.636. The molecule has 2 aromatic carbocycles. The largest absolute Gasteiger partial charge is 0.289 e. The summed E-state index contributed by atoms with van der Waals surface area (Å²) in [4.78, 5) is 0. The van der Waals surface area contributed by atoms with Crippen LogP contribution in [0, 0.1) is 0 Å². The molecule has 196 valence electrons. The first-order valence-electron chi connectivity index (χ1n) is 14.8. The second-order valence-corrected chi connectivity index (χ2v) is 10.7. The quantitative estimate of drug-likeness (QED) is 0.146. The zero-order valence-corrected chi connectivity index (χ0v) is 23.3. The fourth-order valence-corrected chi connectivity index (χ4v) is 5.26. The Bertz CT molecular complexity index is 677. The molecule has 2 atom stereocenters. The van der Waals surface area contributed by atoms with Crippen LogP contribution < -0.4 is 10.6 Å². The van der Waals surface area contributed by atoms with Crippen molar-refractivity contribution in [1.29, 1.82) is 0 Å². The smallest absolute Gasteiger partial charge is 0.122 e. The van der Waals surface area contributed by atoms with Gasteiger partial charge in [0.15, 0.2) is 0 Å². The highest BCUT2D eigenvalue weighted by Gasteiger charge is 2.36. The summed E-state index contributed by atoms with van der Waals surface area (Å²) in [6.45, 7) is 9.32. The van der Waals surface area contributed by atoms with E-state index in [9.17, 15) is 0 Å². The van der Waals surface area contributed by atoms with Crippen LogP contribution in [0.15, 0.2) is 60.7 Å². The fourth-order valence-electron chi connectivity index (χ4n) is 5.26. The van der Waals surface area contributed by atoms with Gasteiger partial charge in [-0.25, -0.2) is 0 Å². The molecule has 0 saturated heterocycles. The molecule has 0 heterocycles. The summed E-state index contributed by atoms with van der Waals surface area (Å²) in [5.41, 5.74) is 2.22. The van der Waals surface area contributed by atoms with Crippen LogP contribution in [-0.4, -0.2) is 12.1 Å². The molecular weight excluding hydrogens is 424 g/mol. The second kappa shape index (κ2) is 17.7. The van der Waals surface area contributed by atoms with Gasteiger partial charge in [0.25, 0.3) is 0 Å². The van der Waals surface area contributed by atoms with Crippen LogP contribution in [0.2, 0.25) is 0 Å². The predicted octanol–water partition coefficient (Wildman–Crippen LogP) is 9.35. The Labute approximate surface area is 217 Å². The third kappa shape index (κ3) is 10.9. The van der Waals surface area contributed by atoms with Crippen LogP contribution in [0.25, 0.3) is 0 Å². The molecule has 2 heteroatoms. The first-order chi connectivity index (χ1) is 17.1. The Morgan fingerprint density at radius 2 is 0.857 bits per heavy atom. The summed E-state index contributed by atoms with van der Waals surface area (Å²) >= 11 is 0. The molecule has 2 rings (SSSR count). The molecule has 0 saturated carbocycles. The lowest BCUT2D eigenvalue weighted by atomic mass is 9.88. The lowest BCUT2D eigenvalue weighted by molar-refractivity contribution is 0.245. The van der Waals surface area contributed by atoms with E-state index in [1.165, 1.54) is 101 Å². The van der Waals surface area contributed by atoms with Crippen LogP contribution in [0.4, 0.5) is 0 Å². The number of unbranched alkanes of at least 4 members (excludes halogenated alkanes) is 10. The minimum absolute atomic E-state index is 0.383. The summed E-state index contributed by atoms with van der Waals surface area (Å²) in [7, 11) is 0. The zero-order chi connectivity index (χ0) is 25.2. The van der Waals surface area contributed by atoms with Gasteiger partial charge in [-0.2, -0.15) is 0 Å². The molecule has 35 heavy (non-hydrogen) atoms. The molecule has 0 bridgehead atoms. The van der Waals surface area contributed by atoms with Crippen LogP contribution in [0.1, 0.15) is 129 Å². The van der Waals surface area contributed by atoms with Crippen molar-refractivity contribution in [2.24, 2.45) is 0 Å². The monoisotopic (exact) mass is 478 g/mol. The van der Waals surface area contributed by atoms with Gasteiger partial charge in [0, 0.05) is 12.1 Å². The summed E-state index contributed by atoms with van der Waals surface area (Å²) < 4.78 is 0. The van der Waals surface area contributed by atoms with Gasteiger partial charge >= 0.3 is 0 Å². The van der Waals surface area contributed by atoms with Crippen LogP contribution in [0.5, 0.6) is 0 Å². The Hall–Kier alpha value is -1.64. The van der Waals surface area contributed by atoms with Gasteiger partial charge in [-0.15, -0.1) is 0 Å². The molecule has 0 aliphatic heterocycles. The van der Waals surface area contributed by atoms with Gasteiger partial charge in [0.2, 0.25) is 0 Å². The zero-order valence-electron chi connectivity index (χ0n) is 23.3. The summed E-state index contributed by atoms with van der Waals surface area (Å²) in [6, 6.07) is 22.9. The molecule has 0 aliphatic carbocycles. The average molecular weight is 479 g/mol. The van der Waals surface area contributed by atoms with Gasteiger partial charge in [0.1, 0.15) is 5.66 Å². The molecule has 2 nitrogen and oxygen atoms in total. The van der Waals surface area contributed by atoms with E-state index in [2.05, 4.69) is 99.0 Å². The molecule has 0 aromatic heterocycles. The first-order valence-corrected chi connectivity index (χ1v) is 14.8. The highest BCUT2D eigenvalue weighted by Crippen LogP contribution is 2.30. The van der Waals surface area contributed by atoms with E-state index in [-0.39, 0.29) is 5.66 Å². The molecule has 2 unspecified atom stereocenters.